The first-order valence-corrected chi connectivity index (χ1v) is 16.4. The van der Waals surface area contributed by atoms with E-state index in [-0.39, 0.29) is 35.1 Å². The zero-order valence-corrected chi connectivity index (χ0v) is 24.7. The number of nitrogens with one attached hydrogen (secondary N) is 2. The third-order valence-electron chi connectivity index (χ3n) is 7.15. The van der Waals surface area contributed by atoms with E-state index in [2.05, 4.69) is 53.2 Å². The van der Waals surface area contributed by atoms with E-state index in [1.807, 2.05) is 0 Å². The number of aromatic carboxylic acids is 2. The summed E-state index contributed by atoms with van der Waals surface area (Å²) in [6.07, 6.45) is 0.601. The summed E-state index contributed by atoms with van der Waals surface area (Å²) in [5, 5.41) is 39.5. The molecular formula is C28H20N6O10S2. The van der Waals surface area contributed by atoms with Gasteiger partial charge in [0.15, 0.2) is 0 Å². The molecule has 2 aromatic heterocycles. The van der Waals surface area contributed by atoms with E-state index >= 15 is 0 Å². The lowest BCUT2D eigenvalue weighted by Gasteiger charge is -2.03. The summed E-state index contributed by atoms with van der Waals surface area (Å²) >= 11 is 0. The molecule has 0 aliphatic heterocycles. The minimum absolute atomic E-state index is 0.166. The molecule has 0 radical (unpaired) electrons. The molecule has 2 fully saturated rings. The first kappa shape index (κ1) is 30.3. The monoisotopic (exact) mass is 664 g/mol. The Morgan fingerprint density at radius 3 is 1.74 bits per heavy atom. The van der Waals surface area contributed by atoms with Crippen LogP contribution in [0, 0.1) is 34.2 Å². The van der Waals surface area contributed by atoms with Crippen molar-refractivity contribution < 1.29 is 46.1 Å². The predicted octanol–water partition coefficient (Wildman–Crippen LogP) is 1.83. The summed E-state index contributed by atoms with van der Waals surface area (Å²) in [4.78, 5) is 22.3. The predicted molar refractivity (Wildman–Crippen MR) is 155 cm³/mol. The van der Waals surface area contributed by atoms with Crippen LogP contribution in [0.4, 0.5) is 0 Å². The van der Waals surface area contributed by atoms with Crippen molar-refractivity contribution in [2.24, 2.45) is 11.8 Å². The van der Waals surface area contributed by atoms with Gasteiger partial charge < -0.3 is 19.7 Å². The van der Waals surface area contributed by atoms with Crippen LogP contribution >= 0.6 is 0 Å². The van der Waals surface area contributed by atoms with Crippen molar-refractivity contribution in [2.75, 3.05) is 0 Å². The molecule has 4 unspecified atom stereocenters. The van der Waals surface area contributed by atoms with Crippen LogP contribution in [-0.4, -0.2) is 80.3 Å². The zero-order valence-electron chi connectivity index (χ0n) is 23.1. The van der Waals surface area contributed by atoms with Crippen LogP contribution in [0.1, 0.15) is 44.9 Å². The molecule has 46 heavy (non-hydrogen) atoms. The Morgan fingerprint density at radius 2 is 1.22 bits per heavy atom. The molecule has 6 rings (SSSR count). The second-order valence-electron chi connectivity index (χ2n) is 10.3. The topological polar surface area (TPSA) is 244 Å². The van der Waals surface area contributed by atoms with Crippen LogP contribution in [0.5, 0.6) is 23.3 Å². The number of nitrogens with zero attached hydrogens (tertiary/aromatic N) is 4. The van der Waals surface area contributed by atoms with Crippen molar-refractivity contribution in [3.63, 3.8) is 0 Å². The fraction of sp³-hybridized carbons (Fsp3) is 0.214. The van der Waals surface area contributed by atoms with Crippen LogP contribution in [0.2, 0.25) is 0 Å². The molecule has 2 aliphatic rings. The number of aromatic amines is 2. The molecule has 2 saturated carbocycles. The standard InChI is InChI=1S/C28H20N6O10S2/c35-27(36)23-25(31-33-29-23)43-17-6-4-15(5-7-17)8-10-45(39,40)21-13-19(21)20-14-22(20)46(41,42)11-9-16-2-1-3-18(12-16)44-26-24(28(37)38)30-34-32-26/h1-7,12,19-22H,13-14H2,(H,35,36)(H,37,38)(H,29,31,33)(H,30,32,34). The number of carboxylic acids is 2. The SMILES string of the molecule is O=C(O)c1nn[nH]c1Oc1ccc(C#CS(=O)(=O)C2CC2C2CC2S(=O)(=O)C#Cc2cccc(Oc3[nH]nnc3C(=O)O)c2)cc1. The van der Waals surface area contributed by atoms with Crippen LogP contribution in [0.3, 0.4) is 0 Å². The van der Waals surface area contributed by atoms with Crippen LogP contribution in [0.15, 0.2) is 48.5 Å². The van der Waals surface area contributed by atoms with Crippen molar-refractivity contribution in [1.29, 1.82) is 0 Å². The lowest BCUT2D eigenvalue weighted by Crippen LogP contribution is -2.11. The molecule has 0 bridgehead atoms. The number of ether oxygens (including phenoxy) is 2. The summed E-state index contributed by atoms with van der Waals surface area (Å²) in [6.45, 7) is 0. The van der Waals surface area contributed by atoms with Gasteiger partial charge in [0.1, 0.15) is 11.5 Å². The highest BCUT2D eigenvalue weighted by Gasteiger charge is 2.61. The number of aromatic nitrogens is 6. The first-order chi connectivity index (χ1) is 21.9. The molecule has 4 N–H and O–H groups in total. The van der Waals surface area contributed by atoms with Crippen molar-refractivity contribution >= 4 is 31.6 Å². The Morgan fingerprint density at radius 1 is 0.717 bits per heavy atom. The maximum Gasteiger partial charge on any atom is 0.362 e. The van der Waals surface area contributed by atoms with Crippen LogP contribution < -0.4 is 9.47 Å². The molecule has 2 aromatic carbocycles. The summed E-state index contributed by atoms with van der Waals surface area (Å²) < 4.78 is 62.4. The molecule has 4 atom stereocenters. The van der Waals surface area contributed by atoms with Crippen LogP contribution in [-0.2, 0) is 19.7 Å². The van der Waals surface area contributed by atoms with Gasteiger partial charge in [0.2, 0.25) is 31.1 Å². The Hall–Kier alpha value is -5.72. The van der Waals surface area contributed by atoms with E-state index in [4.69, 9.17) is 19.7 Å². The van der Waals surface area contributed by atoms with E-state index in [1.54, 1.807) is 12.1 Å². The van der Waals surface area contributed by atoms with Gasteiger partial charge in [0, 0.05) is 21.6 Å². The number of carboxylic acid groups (broad SMARTS) is 2. The highest BCUT2D eigenvalue weighted by atomic mass is 32.2. The molecule has 2 heterocycles. The Balaban J connectivity index is 1.05. The van der Waals surface area contributed by atoms with E-state index in [0.717, 1.165) is 0 Å². The molecule has 234 valence electrons. The van der Waals surface area contributed by atoms with E-state index < -0.39 is 53.5 Å². The number of rotatable bonds is 9. The average Bonchev–Trinajstić information content (AvgIpc) is 3.90. The van der Waals surface area contributed by atoms with Crippen LogP contribution in [0.25, 0.3) is 0 Å². The zero-order chi connectivity index (χ0) is 32.6. The maximum absolute atomic E-state index is 12.9. The second kappa shape index (κ2) is 11.7. The van der Waals surface area contributed by atoms with Gasteiger partial charge in [-0.15, -0.1) is 10.2 Å². The number of sulfone groups is 2. The summed E-state index contributed by atoms with van der Waals surface area (Å²) in [5.74, 6) is 1.89. The van der Waals surface area contributed by atoms with E-state index in [0.29, 0.717) is 24.0 Å². The molecule has 0 saturated heterocycles. The molecule has 2 aliphatic carbocycles. The summed E-state index contributed by atoms with van der Waals surface area (Å²) in [5.41, 5.74) is -0.152. The number of carbonyl (C=O) groups is 2. The average molecular weight is 665 g/mol. The van der Waals surface area contributed by atoms with Gasteiger partial charge in [-0.25, -0.2) is 36.6 Å². The number of hydrogen-bond acceptors (Lipinski definition) is 12. The smallest absolute Gasteiger partial charge is 0.362 e. The fourth-order valence-electron chi connectivity index (χ4n) is 4.74. The molecule has 0 spiro atoms. The second-order valence-corrected chi connectivity index (χ2v) is 14.1. The van der Waals surface area contributed by atoms with Gasteiger partial charge in [0.05, 0.1) is 10.5 Å². The Labute approximate surface area is 260 Å². The highest BCUT2D eigenvalue weighted by molar-refractivity contribution is 7.97. The van der Waals surface area contributed by atoms with Gasteiger partial charge in [-0.05, 0) is 73.1 Å². The third kappa shape index (κ3) is 6.53. The number of hydrogen-bond donors (Lipinski definition) is 4. The van der Waals surface area contributed by atoms with E-state index in [9.17, 15) is 26.4 Å². The molecular weight excluding hydrogens is 644 g/mol. The quantitative estimate of drug-likeness (QED) is 0.187. The molecule has 4 aromatic rings. The maximum atomic E-state index is 12.9. The van der Waals surface area contributed by atoms with Gasteiger partial charge in [-0.2, -0.15) is 0 Å². The van der Waals surface area contributed by atoms with E-state index in [1.165, 1.54) is 36.4 Å². The Bertz CT molecular complexity index is 2210. The third-order valence-corrected chi connectivity index (χ3v) is 10.6. The summed E-state index contributed by atoms with van der Waals surface area (Å²) in [6, 6.07) is 12.0. The fourth-order valence-corrected chi connectivity index (χ4v) is 7.84. The van der Waals surface area contributed by atoms with Gasteiger partial charge in [-0.3, -0.25) is 0 Å². The highest BCUT2D eigenvalue weighted by Crippen LogP contribution is 2.55. The molecule has 16 nitrogen and oxygen atoms in total. The minimum Gasteiger partial charge on any atom is -0.476 e. The number of H-pyrrole nitrogens is 2. The van der Waals surface area contributed by atoms with Gasteiger partial charge >= 0.3 is 11.9 Å². The van der Waals surface area contributed by atoms with Crippen molar-refractivity contribution in [2.45, 2.75) is 23.3 Å². The lowest BCUT2D eigenvalue weighted by molar-refractivity contribution is 0.0676. The van der Waals surface area contributed by atoms with Crippen molar-refractivity contribution in [3.8, 4) is 45.6 Å². The van der Waals surface area contributed by atoms with Crippen molar-refractivity contribution in [1.82, 2.24) is 30.8 Å². The molecule has 0 amide bonds. The lowest BCUT2D eigenvalue weighted by atomic mass is 10.2. The molecule has 18 heteroatoms. The minimum atomic E-state index is -3.87. The first-order valence-electron chi connectivity index (χ1n) is 13.3. The normalized spacial score (nSPS) is 19.9. The largest absolute Gasteiger partial charge is 0.476 e. The summed E-state index contributed by atoms with van der Waals surface area (Å²) in [7, 11) is -7.70. The Kier molecular flexibility index (Phi) is 7.68. The van der Waals surface area contributed by atoms with Gasteiger partial charge in [-0.1, -0.05) is 22.4 Å². The number of benzene rings is 2. The van der Waals surface area contributed by atoms with Crippen molar-refractivity contribution in [3.05, 3.63) is 71.0 Å². The van der Waals surface area contributed by atoms with Gasteiger partial charge in [0.25, 0.3) is 11.8 Å².